The third-order valence-corrected chi connectivity index (χ3v) is 4.99. The summed E-state index contributed by atoms with van der Waals surface area (Å²) < 4.78 is 60.8. The number of benzene rings is 1. The minimum atomic E-state index is -4.89. The van der Waals surface area contributed by atoms with E-state index in [1.54, 1.807) is 6.07 Å². The molecular weight excluding hydrogens is 444 g/mol. The minimum absolute atomic E-state index is 0.0240. The highest BCUT2D eigenvalue weighted by Gasteiger charge is 2.36. The Hall–Kier alpha value is -4.02. The van der Waals surface area contributed by atoms with Gasteiger partial charge in [0.2, 0.25) is 0 Å². The fraction of sp³-hybridized carbons (Fsp3) is 0.182. The van der Waals surface area contributed by atoms with Crippen LogP contribution in [0.15, 0.2) is 53.6 Å². The number of nitrogens with zero attached hydrogens (tertiary/aromatic N) is 4. The molecule has 4 rings (SSSR count). The molecule has 7 nitrogen and oxygen atoms in total. The Morgan fingerprint density at radius 2 is 1.88 bits per heavy atom. The van der Waals surface area contributed by atoms with E-state index >= 15 is 0 Å². The summed E-state index contributed by atoms with van der Waals surface area (Å²) in [6.07, 6.45) is -2.62. The summed E-state index contributed by atoms with van der Waals surface area (Å²) in [6, 6.07) is 8.16. The van der Waals surface area contributed by atoms with Gasteiger partial charge >= 0.3 is 6.18 Å². The van der Waals surface area contributed by atoms with Gasteiger partial charge in [0.1, 0.15) is 11.4 Å². The molecule has 0 aliphatic rings. The summed E-state index contributed by atoms with van der Waals surface area (Å²) in [6.45, 7) is -0.195. The van der Waals surface area contributed by atoms with Crippen LogP contribution in [0, 0.1) is 5.82 Å². The largest absolute Gasteiger partial charge is 0.506 e. The molecule has 0 atom stereocenters. The maximum Gasteiger partial charge on any atom is 0.434 e. The first-order chi connectivity index (χ1) is 15.7. The Bertz CT molecular complexity index is 1400. The third kappa shape index (κ3) is 4.09. The molecule has 4 aromatic rings. The molecule has 0 saturated carbocycles. The summed E-state index contributed by atoms with van der Waals surface area (Å²) in [7, 11) is 1.28. The molecule has 3 aromatic heterocycles. The topological polar surface area (TPSA) is 90.1 Å². The van der Waals surface area contributed by atoms with Gasteiger partial charge in [-0.1, -0.05) is 12.1 Å². The standard InChI is InChI=1S/C22H16F4N4O3/c1-33-18-12(4-2-5-13(18)23)8-11-30-20(17-15(31)6-3-9-27-17)29-14-7-10-28-19(22(24,25)26)16(14)21(30)32/h2-7,9-10,31H,8,11H2,1H3. The predicted octanol–water partition coefficient (Wildman–Crippen LogP) is 3.97. The zero-order chi connectivity index (χ0) is 23.8. The monoisotopic (exact) mass is 460 g/mol. The molecule has 0 radical (unpaired) electrons. The van der Waals surface area contributed by atoms with Gasteiger partial charge in [-0.2, -0.15) is 13.2 Å². The number of aryl methyl sites for hydroxylation is 1. The van der Waals surface area contributed by atoms with E-state index in [9.17, 15) is 27.5 Å². The van der Waals surface area contributed by atoms with Crippen LogP contribution < -0.4 is 10.3 Å². The number of para-hydroxylation sites is 1. The van der Waals surface area contributed by atoms with E-state index in [1.807, 2.05) is 0 Å². The molecule has 0 amide bonds. The van der Waals surface area contributed by atoms with Crippen molar-refractivity contribution in [3.05, 3.63) is 76.2 Å². The highest BCUT2D eigenvalue weighted by molar-refractivity contribution is 5.82. The first-order valence-corrected chi connectivity index (χ1v) is 9.65. The number of alkyl halides is 3. The Balaban J connectivity index is 1.95. The second kappa shape index (κ2) is 8.49. The molecule has 11 heteroatoms. The second-order valence-corrected chi connectivity index (χ2v) is 7.00. The van der Waals surface area contributed by atoms with Crippen LogP contribution in [0.2, 0.25) is 0 Å². The molecule has 170 valence electrons. The Morgan fingerprint density at radius 3 is 2.58 bits per heavy atom. The fourth-order valence-corrected chi connectivity index (χ4v) is 3.54. The van der Waals surface area contributed by atoms with Gasteiger partial charge in [0.05, 0.1) is 18.0 Å². The Kier molecular flexibility index (Phi) is 5.71. The molecule has 3 heterocycles. The molecule has 0 fully saturated rings. The zero-order valence-corrected chi connectivity index (χ0v) is 17.1. The molecule has 1 aromatic carbocycles. The maximum absolute atomic E-state index is 14.1. The lowest BCUT2D eigenvalue weighted by atomic mass is 10.1. The van der Waals surface area contributed by atoms with Crippen LogP contribution in [-0.2, 0) is 19.1 Å². The van der Waals surface area contributed by atoms with E-state index in [0.29, 0.717) is 5.56 Å². The van der Waals surface area contributed by atoms with E-state index in [2.05, 4.69) is 15.0 Å². The first-order valence-electron chi connectivity index (χ1n) is 9.65. The van der Waals surface area contributed by atoms with Crippen LogP contribution in [-0.4, -0.2) is 31.7 Å². The Labute approximate surface area is 184 Å². The van der Waals surface area contributed by atoms with E-state index in [-0.39, 0.29) is 41.5 Å². The highest BCUT2D eigenvalue weighted by Crippen LogP contribution is 2.33. The van der Waals surface area contributed by atoms with Crippen LogP contribution in [0.25, 0.3) is 22.4 Å². The van der Waals surface area contributed by atoms with E-state index in [4.69, 9.17) is 4.74 Å². The van der Waals surface area contributed by atoms with Crippen LogP contribution in [0.5, 0.6) is 11.5 Å². The van der Waals surface area contributed by atoms with E-state index in [1.165, 1.54) is 43.6 Å². The van der Waals surface area contributed by atoms with Gasteiger partial charge in [-0.15, -0.1) is 0 Å². The molecule has 0 aliphatic heterocycles. The molecule has 0 aliphatic carbocycles. The number of aromatic nitrogens is 4. The van der Waals surface area contributed by atoms with Gasteiger partial charge in [0, 0.05) is 18.9 Å². The average Bonchev–Trinajstić information content (AvgIpc) is 2.77. The fourth-order valence-electron chi connectivity index (χ4n) is 3.54. The highest BCUT2D eigenvalue weighted by atomic mass is 19.4. The first kappa shape index (κ1) is 22.2. The number of aromatic hydroxyl groups is 1. The van der Waals surface area contributed by atoms with Crippen molar-refractivity contribution in [1.82, 2.24) is 19.5 Å². The lowest BCUT2D eigenvalue weighted by molar-refractivity contribution is -0.139. The zero-order valence-electron chi connectivity index (χ0n) is 17.1. The lowest BCUT2D eigenvalue weighted by Crippen LogP contribution is -2.27. The molecule has 0 bridgehead atoms. The smallest absolute Gasteiger partial charge is 0.434 e. The number of hydrogen-bond donors (Lipinski definition) is 1. The quantitative estimate of drug-likeness (QED) is 0.454. The number of halogens is 4. The molecule has 0 spiro atoms. The van der Waals surface area contributed by atoms with Gasteiger partial charge in [-0.05, 0) is 36.2 Å². The molecule has 33 heavy (non-hydrogen) atoms. The van der Waals surface area contributed by atoms with Gasteiger partial charge in [-0.25, -0.2) is 14.4 Å². The molecular formula is C22H16F4N4O3. The number of rotatable bonds is 5. The SMILES string of the molecule is COc1c(F)cccc1CCn1c(-c2ncccc2O)nc2ccnc(C(F)(F)F)c2c1=O. The van der Waals surface area contributed by atoms with Gasteiger partial charge in [0.15, 0.2) is 23.1 Å². The van der Waals surface area contributed by atoms with Crippen molar-refractivity contribution in [2.75, 3.05) is 7.11 Å². The van der Waals surface area contributed by atoms with Crippen LogP contribution in [0.4, 0.5) is 17.6 Å². The van der Waals surface area contributed by atoms with Crippen molar-refractivity contribution < 1.29 is 27.4 Å². The lowest BCUT2D eigenvalue weighted by Gasteiger charge is -2.16. The second-order valence-electron chi connectivity index (χ2n) is 7.00. The maximum atomic E-state index is 14.1. The third-order valence-electron chi connectivity index (χ3n) is 4.99. The number of hydrogen-bond acceptors (Lipinski definition) is 6. The summed E-state index contributed by atoms with van der Waals surface area (Å²) in [5.41, 5.74) is -2.33. The number of methoxy groups -OCH3 is 1. The number of ether oxygens (including phenoxy) is 1. The van der Waals surface area contributed by atoms with Crippen molar-refractivity contribution in [3.63, 3.8) is 0 Å². The summed E-state index contributed by atoms with van der Waals surface area (Å²) in [5.74, 6) is -1.12. The normalized spacial score (nSPS) is 11.7. The molecule has 0 unspecified atom stereocenters. The minimum Gasteiger partial charge on any atom is -0.506 e. The number of pyridine rings is 2. The van der Waals surface area contributed by atoms with E-state index < -0.39 is 28.6 Å². The summed E-state index contributed by atoms with van der Waals surface area (Å²) in [4.78, 5) is 24.9. The average molecular weight is 460 g/mol. The van der Waals surface area contributed by atoms with Gasteiger partial charge < -0.3 is 9.84 Å². The van der Waals surface area contributed by atoms with E-state index in [0.717, 1.165) is 10.8 Å². The van der Waals surface area contributed by atoms with Gasteiger partial charge in [0.25, 0.3) is 5.56 Å². The summed E-state index contributed by atoms with van der Waals surface area (Å²) >= 11 is 0. The van der Waals surface area contributed by atoms with Crippen LogP contribution in [0.1, 0.15) is 11.3 Å². The Morgan fingerprint density at radius 1 is 1.09 bits per heavy atom. The van der Waals surface area contributed by atoms with Crippen molar-refractivity contribution >= 4 is 10.9 Å². The molecule has 0 saturated heterocycles. The van der Waals surface area contributed by atoms with Crippen molar-refractivity contribution in [3.8, 4) is 23.0 Å². The predicted molar refractivity (Wildman–Crippen MR) is 110 cm³/mol. The van der Waals surface area contributed by atoms with Crippen LogP contribution in [0.3, 0.4) is 0 Å². The van der Waals surface area contributed by atoms with Crippen molar-refractivity contribution in [1.29, 1.82) is 0 Å². The van der Waals surface area contributed by atoms with Crippen molar-refractivity contribution in [2.45, 2.75) is 19.1 Å². The van der Waals surface area contributed by atoms with Gasteiger partial charge in [-0.3, -0.25) is 14.3 Å². The number of fused-ring (bicyclic) bond motifs is 1. The molecule has 1 N–H and O–H groups in total. The van der Waals surface area contributed by atoms with Crippen LogP contribution >= 0.6 is 0 Å². The summed E-state index contributed by atoms with van der Waals surface area (Å²) in [5, 5.41) is 9.55. The van der Waals surface area contributed by atoms with Crippen molar-refractivity contribution in [2.24, 2.45) is 0 Å².